The van der Waals surface area contributed by atoms with E-state index in [1.807, 2.05) is 83.1 Å². The van der Waals surface area contributed by atoms with Crippen LogP contribution in [0.25, 0.3) is 0 Å². The lowest BCUT2D eigenvalue weighted by Crippen LogP contribution is -2.61. The summed E-state index contributed by atoms with van der Waals surface area (Å²) >= 11 is 0. The average molecular weight is 638 g/mol. The molecule has 3 aliphatic heterocycles. The Kier molecular flexibility index (Phi) is 10.5. The molecule has 0 aromatic rings. The first-order valence-electron chi connectivity index (χ1n) is 16.4. The highest BCUT2D eigenvalue weighted by atomic mass is 16.6. The van der Waals surface area contributed by atoms with Gasteiger partial charge in [0.05, 0.1) is 12.3 Å². The first kappa shape index (κ1) is 37.2. The van der Waals surface area contributed by atoms with Crippen molar-refractivity contribution in [2.45, 2.75) is 180 Å². The second-order valence-corrected chi connectivity index (χ2v) is 17.8. The van der Waals surface area contributed by atoms with E-state index in [0.29, 0.717) is 38.5 Å². The van der Waals surface area contributed by atoms with Crippen LogP contribution in [-0.4, -0.2) is 80.5 Å². The SMILES string of the molecule is CC1(C)CC(OC(=O)C(CC(=O)O)C(C(=O)OC2CC(C)(C)NC(C)(C)C2)C(=O)OC2CC(C)(C)NC(C)(C)C2)CC(C)(C)N1. The lowest BCUT2D eigenvalue weighted by molar-refractivity contribution is -0.183. The van der Waals surface area contributed by atoms with Crippen LogP contribution in [0.5, 0.6) is 0 Å². The second kappa shape index (κ2) is 12.8. The number of aliphatic carboxylic acids is 1. The fourth-order valence-corrected chi connectivity index (χ4v) is 8.61. The highest BCUT2D eigenvalue weighted by Gasteiger charge is 2.50. The second-order valence-electron chi connectivity index (χ2n) is 17.8. The van der Waals surface area contributed by atoms with Crippen molar-refractivity contribution in [3.05, 3.63) is 0 Å². The van der Waals surface area contributed by atoms with Gasteiger partial charge in [-0.1, -0.05) is 0 Å². The Morgan fingerprint density at radius 1 is 0.533 bits per heavy atom. The Labute approximate surface area is 269 Å². The monoisotopic (exact) mass is 637 g/mol. The summed E-state index contributed by atoms with van der Waals surface area (Å²) in [5.74, 6) is -7.57. The van der Waals surface area contributed by atoms with E-state index in [2.05, 4.69) is 16.0 Å². The van der Waals surface area contributed by atoms with Gasteiger partial charge in [0, 0.05) is 71.8 Å². The fraction of sp³-hybridized carbons (Fsp3) is 0.882. The summed E-state index contributed by atoms with van der Waals surface area (Å²) in [4.78, 5) is 54.1. The fourth-order valence-electron chi connectivity index (χ4n) is 8.61. The Morgan fingerprint density at radius 3 is 1.02 bits per heavy atom. The first-order chi connectivity index (χ1) is 20.2. The number of hydrogen-bond donors (Lipinski definition) is 4. The summed E-state index contributed by atoms with van der Waals surface area (Å²) < 4.78 is 17.9. The Bertz CT molecular complexity index is 1040. The number of hydrogen-bond acceptors (Lipinski definition) is 10. The number of esters is 3. The maximum atomic E-state index is 14.0. The Hall–Kier alpha value is -2.24. The van der Waals surface area contributed by atoms with Crippen molar-refractivity contribution in [2.24, 2.45) is 11.8 Å². The standard InChI is InChI=1S/C34H59N3O8/c1-29(2)14-20(15-30(3,4)35-29)43-26(40)23(13-24(38)39)25(27(41)44-21-16-31(5,6)36-32(7,8)17-21)28(42)45-22-18-33(9,10)37-34(11,12)19-22/h20-23,25,35-37H,13-19H2,1-12H3,(H,38,39). The number of piperidine rings is 3. The molecule has 258 valence electrons. The van der Waals surface area contributed by atoms with Gasteiger partial charge in [-0.05, 0) is 83.1 Å². The molecule has 0 aromatic heterocycles. The van der Waals surface area contributed by atoms with Gasteiger partial charge in [-0.25, -0.2) is 0 Å². The molecule has 3 aliphatic rings. The van der Waals surface area contributed by atoms with Crippen molar-refractivity contribution in [1.82, 2.24) is 16.0 Å². The van der Waals surface area contributed by atoms with Gasteiger partial charge in [-0.15, -0.1) is 0 Å². The number of rotatable bonds is 9. The number of nitrogens with one attached hydrogen (secondary N) is 3. The molecule has 0 saturated carbocycles. The molecular formula is C34H59N3O8. The molecule has 0 aromatic carbocycles. The molecule has 3 heterocycles. The minimum absolute atomic E-state index is 0.352. The lowest BCUT2D eigenvalue weighted by Gasteiger charge is -2.47. The smallest absolute Gasteiger partial charge is 0.321 e. The third kappa shape index (κ3) is 10.9. The van der Waals surface area contributed by atoms with Gasteiger partial charge in [0.2, 0.25) is 0 Å². The lowest BCUT2D eigenvalue weighted by atomic mass is 9.80. The molecule has 3 rings (SSSR count). The third-order valence-corrected chi connectivity index (χ3v) is 8.91. The van der Waals surface area contributed by atoms with Crippen LogP contribution in [0.3, 0.4) is 0 Å². The summed E-state index contributed by atoms with van der Waals surface area (Å²) in [5, 5.41) is 20.5. The predicted octanol–water partition coefficient (Wildman–Crippen LogP) is 4.25. The van der Waals surface area contributed by atoms with Crippen LogP contribution in [-0.2, 0) is 33.4 Å². The van der Waals surface area contributed by atoms with E-state index in [4.69, 9.17) is 14.2 Å². The van der Waals surface area contributed by atoms with E-state index >= 15 is 0 Å². The minimum atomic E-state index is -1.79. The van der Waals surface area contributed by atoms with Crippen LogP contribution in [0.2, 0.25) is 0 Å². The molecule has 3 fully saturated rings. The zero-order chi connectivity index (χ0) is 34.4. The molecule has 4 N–H and O–H groups in total. The number of carbonyl (C=O) groups excluding carboxylic acids is 3. The molecule has 11 heteroatoms. The molecule has 0 bridgehead atoms. The summed E-state index contributed by atoms with van der Waals surface area (Å²) in [6.07, 6.45) is 0.470. The van der Waals surface area contributed by atoms with Crippen LogP contribution in [0.15, 0.2) is 0 Å². The van der Waals surface area contributed by atoms with E-state index in [1.54, 1.807) is 0 Å². The van der Waals surface area contributed by atoms with E-state index in [-0.39, 0.29) is 33.2 Å². The van der Waals surface area contributed by atoms with Crippen LogP contribution >= 0.6 is 0 Å². The van der Waals surface area contributed by atoms with Crippen LogP contribution in [0, 0.1) is 11.8 Å². The van der Waals surface area contributed by atoms with Gasteiger partial charge in [-0.2, -0.15) is 0 Å². The van der Waals surface area contributed by atoms with Gasteiger partial charge >= 0.3 is 23.9 Å². The Morgan fingerprint density at radius 2 is 0.778 bits per heavy atom. The van der Waals surface area contributed by atoms with Gasteiger partial charge in [0.25, 0.3) is 0 Å². The van der Waals surface area contributed by atoms with Gasteiger partial charge in [0.1, 0.15) is 18.3 Å². The van der Waals surface area contributed by atoms with Crippen molar-refractivity contribution in [3.8, 4) is 0 Å². The summed E-state index contributed by atoms with van der Waals surface area (Å²) in [5.41, 5.74) is -2.14. The average Bonchev–Trinajstić information content (AvgIpc) is 2.71. The molecule has 11 nitrogen and oxygen atoms in total. The van der Waals surface area contributed by atoms with Crippen molar-refractivity contribution < 1.29 is 38.5 Å². The quantitative estimate of drug-likeness (QED) is 0.163. The normalized spacial score (nSPS) is 26.4. The highest BCUT2D eigenvalue weighted by Crippen LogP contribution is 2.36. The first-order valence-corrected chi connectivity index (χ1v) is 16.4. The number of carboxylic acid groups (broad SMARTS) is 1. The van der Waals surface area contributed by atoms with Crippen molar-refractivity contribution in [1.29, 1.82) is 0 Å². The number of carboxylic acids is 1. The third-order valence-electron chi connectivity index (χ3n) is 8.91. The maximum Gasteiger partial charge on any atom is 0.321 e. The molecule has 0 aliphatic carbocycles. The summed E-state index contributed by atoms with van der Waals surface area (Å²) in [6, 6.07) is 0. The topological polar surface area (TPSA) is 152 Å². The van der Waals surface area contributed by atoms with E-state index < -0.39 is 60.4 Å². The molecule has 1 unspecified atom stereocenters. The molecule has 1 atom stereocenters. The molecule has 45 heavy (non-hydrogen) atoms. The van der Waals surface area contributed by atoms with Gasteiger partial charge < -0.3 is 35.3 Å². The van der Waals surface area contributed by atoms with E-state index in [0.717, 1.165) is 0 Å². The minimum Gasteiger partial charge on any atom is -0.481 e. The molecule has 0 amide bonds. The molecule has 3 saturated heterocycles. The van der Waals surface area contributed by atoms with Crippen molar-refractivity contribution >= 4 is 23.9 Å². The van der Waals surface area contributed by atoms with E-state index in [1.165, 1.54) is 0 Å². The number of ether oxygens (including phenoxy) is 3. The van der Waals surface area contributed by atoms with E-state index in [9.17, 15) is 24.3 Å². The van der Waals surface area contributed by atoms with Crippen molar-refractivity contribution in [3.63, 3.8) is 0 Å². The van der Waals surface area contributed by atoms with Crippen LogP contribution in [0.4, 0.5) is 0 Å². The van der Waals surface area contributed by atoms with Crippen molar-refractivity contribution in [2.75, 3.05) is 0 Å². The molecule has 0 radical (unpaired) electrons. The molecular weight excluding hydrogens is 578 g/mol. The summed E-state index contributed by atoms with van der Waals surface area (Å²) in [6.45, 7) is 24.1. The largest absolute Gasteiger partial charge is 0.481 e. The maximum absolute atomic E-state index is 14.0. The predicted molar refractivity (Wildman–Crippen MR) is 170 cm³/mol. The van der Waals surface area contributed by atoms with Gasteiger partial charge in [0.15, 0.2) is 5.92 Å². The Balaban J connectivity index is 1.95. The van der Waals surface area contributed by atoms with Gasteiger partial charge in [-0.3, -0.25) is 19.2 Å². The zero-order valence-electron chi connectivity index (χ0n) is 29.6. The van der Waals surface area contributed by atoms with Crippen LogP contribution in [0.1, 0.15) is 128 Å². The summed E-state index contributed by atoms with van der Waals surface area (Å²) in [7, 11) is 0. The molecule has 0 spiro atoms. The number of carbonyl (C=O) groups is 4. The van der Waals surface area contributed by atoms with Crippen LogP contribution < -0.4 is 16.0 Å². The zero-order valence-corrected chi connectivity index (χ0v) is 29.6. The highest BCUT2D eigenvalue weighted by molar-refractivity contribution is 6.00.